The van der Waals surface area contributed by atoms with E-state index in [0.29, 0.717) is 24.1 Å². The number of carbonyl (C=O) groups excluding carboxylic acids is 3. The molecule has 4 rings (SSSR count). The van der Waals surface area contributed by atoms with Crippen molar-refractivity contribution in [2.45, 2.75) is 26.4 Å². The van der Waals surface area contributed by atoms with Gasteiger partial charge < -0.3 is 19.8 Å². The maximum Gasteiger partial charge on any atom is 0.407 e. The van der Waals surface area contributed by atoms with Gasteiger partial charge in [-0.05, 0) is 41.2 Å². The van der Waals surface area contributed by atoms with Crippen LogP contribution in [0.5, 0.6) is 0 Å². The second kappa shape index (κ2) is 12.5. The number of ether oxygens (including phenoxy) is 1. The van der Waals surface area contributed by atoms with Gasteiger partial charge in [0.1, 0.15) is 12.1 Å². The van der Waals surface area contributed by atoms with Crippen molar-refractivity contribution in [3.05, 3.63) is 90.3 Å². The van der Waals surface area contributed by atoms with Crippen molar-refractivity contribution >= 4 is 28.9 Å². The molecule has 0 saturated carbocycles. The van der Waals surface area contributed by atoms with Crippen LogP contribution in [0, 0.1) is 5.92 Å². The largest absolute Gasteiger partial charge is 0.445 e. The lowest BCUT2D eigenvalue weighted by Gasteiger charge is -2.12. The number of aromatic nitrogens is 1. The van der Waals surface area contributed by atoms with Crippen molar-refractivity contribution in [2.24, 2.45) is 5.92 Å². The molecule has 8 heteroatoms. The number of fused-ring (bicyclic) bond motifs is 1. The van der Waals surface area contributed by atoms with Crippen LogP contribution in [0.4, 0.5) is 4.79 Å². The molecule has 0 saturated heterocycles. The molecule has 0 bridgehead atoms. The molecule has 1 aromatic heterocycles. The highest BCUT2D eigenvalue weighted by Gasteiger charge is 2.17. The van der Waals surface area contributed by atoms with Crippen LogP contribution in [-0.2, 0) is 16.1 Å². The molecule has 8 nitrogen and oxygen atoms in total. The number of Topliss-reactive ketones (excluding diaryl/α,β-unsaturated/α-hetero) is 1. The Morgan fingerprint density at radius 1 is 0.919 bits per heavy atom. The molecule has 0 radical (unpaired) electrons. The number of oxazole rings is 1. The molecule has 0 fully saturated rings. The molecule has 1 unspecified atom stereocenters. The summed E-state index contributed by atoms with van der Waals surface area (Å²) in [6.45, 7) is 2.29. The second-order valence-corrected chi connectivity index (χ2v) is 8.85. The molecule has 3 aromatic carbocycles. The van der Waals surface area contributed by atoms with Crippen molar-refractivity contribution in [1.82, 2.24) is 15.6 Å². The minimum atomic E-state index is -0.500. The van der Waals surface area contributed by atoms with E-state index in [2.05, 4.69) is 15.6 Å². The molecule has 37 heavy (non-hydrogen) atoms. The van der Waals surface area contributed by atoms with Gasteiger partial charge in [-0.1, -0.05) is 73.7 Å². The zero-order valence-electron chi connectivity index (χ0n) is 20.6. The van der Waals surface area contributed by atoms with E-state index in [4.69, 9.17) is 9.15 Å². The van der Waals surface area contributed by atoms with E-state index in [0.717, 1.165) is 16.7 Å². The molecule has 0 aliphatic heterocycles. The summed E-state index contributed by atoms with van der Waals surface area (Å²) >= 11 is 0. The number of hydrogen-bond acceptors (Lipinski definition) is 6. The predicted molar refractivity (Wildman–Crippen MR) is 140 cm³/mol. The standard InChI is InChI=1S/C29H29N3O5/c1-20(14-15-30-29(35)36-19-21-8-4-2-5-9-21)16-27(34)31-18-25(33)28-32-24-17-23(12-13-26(24)37-28)22-10-6-3-7-11-22/h2-13,17,20H,14-16,18-19H2,1H3,(H,30,35)(H,31,34). The highest BCUT2D eigenvalue weighted by Crippen LogP contribution is 2.24. The summed E-state index contributed by atoms with van der Waals surface area (Å²) in [6.07, 6.45) is 0.318. The topological polar surface area (TPSA) is 111 Å². The number of hydrogen-bond donors (Lipinski definition) is 2. The number of amides is 2. The zero-order chi connectivity index (χ0) is 26.0. The third kappa shape index (κ3) is 7.51. The van der Waals surface area contributed by atoms with E-state index in [9.17, 15) is 14.4 Å². The van der Waals surface area contributed by atoms with Crippen molar-refractivity contribution in [2.75, 3.05) is 13.1 Å². The summed E-state index contributed by atoms with van der Waals surface area (Å²) in [6, 6.07) is 24.8. The lowest BCUT2D eigenvalue weighted by atomic mass is 10.0. The molecule has 1 heterocycles. The first-order valence-electron chi connectivity index (χ1n) is 12.2. The molecule has 0 spiro atoms. The average molecular weight is 500 g/mol. The van der Waals surface area contributed by atoms with Crippen molar-refractivity contribution in [1.29, 1.82) is 0 Å². The number of alkyl carbamates (subject to hydrolysis) is 1. The summed E-state index contributed by atoms with van der Waals surface area (Å²) < 4.78 is 10.8. The summed E-state index contributed by atoms with van der Waals surface area (Å²) in [7, 11) is 0. The van der Waals surface area contributed by atoms with Crippen LogP contribution in [0.2, 0.25) is 0 Å². The third-order valence-corrected chi connectivity index (χ3v) is 5.83. The van der Waals surface area contributed by atoms with Crippen LogP contribution in [0.15, 0.2) is 83.3 Å². The van der Waals surface area contributed by atoms with Gasteiger partial charge in [-0.15, -0.1) is 0 Å². The molecule has 0 aliphatic carbocycles. The fourth-order valence-electron chi connectivity index (χ4n) is 3.80. The van der Waals surface area contributed by atoms with Crippen LogP contribution >= 0.6 is 0 Å². The van der Waals surface area contributed by atoms with E-state index in [1.807, 2.05) is 79.7 Å². The number of carbonyl (C=O) groups is 3. The fourth-order valence-corrected chi connectivity index (χ4v) is 3.80. The van der Waals surface area contributed by atoms with E-state index < -0.39 is 11.9 Å². The molecule has 4 aromatic rings. The van der Waals surface area contributed by atoms with Gasteiger partial charge in [0.05, 0.1) is 6.54 Å². The van der Waals surface area contributed by atoms with Gasteiger partial charge in [-0.3, -0.25) is 9.59 Å². The van der Waals surface area contributed by atoms with E-state index >= 15 is 0 Å². The molecule has 2 amide bonds. The quantitative estimate of drug-likeness (QED) is 0.277. The smallest absolute Gasteiger partial charge is 0.407 e. The number of ketones is 1. The molecule has 0 aliphatic rings. The summed E-state index contributed by atoms with van der Waals surface area (Å²) in [5.41, 5.74) is 4.02. The van der Waals surface area contributed by atoms with Gasteiger partial charge in [0.2, 0.25) is 11.7 Å². The van der Waals surface area contributed by atoms with E-state index in [-0.39, 0.29) is 37.3 Å². The van der Waals surface area contributed by atoms with Crippen LogP contribution in [0.25, 0.3) is 22.2 Å². The van der Waals surface area contributed by atoms with Gasteiger partial charge in [0.25, 0.3) is 5.89 Å². The minimum Gasteiger partial charge on any atom is -0.445 e. The Labute approximate surface area is 215 Å². The Kier molecular flexibility index (Phi) is 8.65. The molecule has 1 atom stereocenters. The molecular formula is C29H29N3O5. The summed E-state index contributed by atoms with van der Waals surface area (Å²) in [5.74, 6) is -0.687. The minimum absolute atomic E-state index is 0.00487. The van der Waals surface area contributed by atoms with Crippen molar-refractivity contribution in [3.63, 3.8) is 0 Å². The maximum absolute atomic E-state index is 12.5. The van der Waals surface area contributed by atoms with Crippen LogP contribution in [-0.4, -0.2) is 35.9 Å². The van der Waals surface area contributed by atoms with Crippen LogP contribution < -0.4 is 10.6 Å². The second-order valence-electron chi connectivity index (χ2n) is 8.85. The highest BCUT2D eigenvalue weighted by molar-refractivity contribution is 5.97. The van der Waals surface area contributed by atoms with Gasteiger partial charge in [-0.2, -0.15) is 0 Å². The Balaban J connectivity index is 1.17. The highest BCUT2D eigenvalue weighted by atomic mass is 16.5. The predicted octanol–water partition coefficient (Wildman–Crippen LogP) is 5.14. The number of nitrogens with zero attached hydrogens (tertiary/aromatic N) is 1. The Morgan fingerprint density at radius 3 is 2.41 bits per heavy atom. The fraction of sp³-hybridized carbons (Fsp3) is 0.241. The third-order valence-electron chi connectivity index (χ3n) is 5.83. The lowest BCUT2D eigenvalue weighted by molar-refractivity contribution is -0.121. The zero-order valence-corrected chi connectivity index (χ0v) is 20.6. The van der Waals surface area contributed by atoms with Gasteiger partial charge in [-0.25, -0.2) is 9.78 Å². The summed E-state index contributed by atoms with van der Waals surface area (Å²) in [4.78, 5) is 41.0. The van der Waals surface area contributed by atoms with Gasteiger partial charge >= 0.3 is 6.09 Å². The SMILES string of the molecule is CC(CCNC(=O)OCc1ccccc1)CC(=O)NCC(=O)c1nc2cc(-c3ccccc3)ccc2o1. The Bertz CT molecular complexity index is 1350. The first-order chi connectivity index (χ1) is 18.0. The average Bonchev–Trinajstić information content (AvgIpc) is 3.35. The first-order valence-corrected chi connectivity index (χ1v) is 12.2. The van der Waals surface area contributed by atoms with Gasteiger partial charge in [0, 0.05) is 13.0 Å². The normalized spacial score (nSPS) is 11.6. The number of nitrogens with one attached hydrogen (secondary N) is 2. The van der Waals surface area contributed by atoms with Crippen LogP contribution in [0.3, 0.4) is 0 Å². The maximum atomic E-state index is 12.5. The van der Waals surface area contributed by atoms with Crippen LogP contribution in [0.1, 0.15) is 36.0 Å². The van der Waals surface area contributed by atoms with E-state index in [1.165, 1.54) is 0 Å². The number of rotatable bonds is 11. The lowest BCUT2D eigenvalue weighted by Crippen LogP contribution is -2.31. The Morgan fingerprint density at radius 2 is 1.65 bits per heavy atom. The monoisotopic (exact) mass is 499 g/mol. The molecule has 190 valence electrons. The van der Waals surface area contributed by atoms with Crippen molar-refractivity contribution in [3.8, 4) is 11.1 Å². The molecule has 2 N–H and O–H groups in total. The van der Waals surface area contributed by atoms with Crippen molar-refractivity contribution < 1.29 is 23.5 Å². The van der Waals surface area contributed by atoms with Gasteiger partial charge in [0.15, 0.2) is 5.58 Å². The Hall–Kier alpha value is -4.46. The van der Waals surface area contributed by atoms with E-state index in [1.54, 1.807) is 6.07 Å². The summed E-state index contributed by atoms with van der Waals surface area (Å²) in [5, 5.41) is 5.32. The number of benzene rings is 3. The first kappa shape index (κ1) is 25.6. The molecular weight excluding hydrogens is 470 g/mol.